The molecule has 252 valence electrons. The zero-order valence-corrected chi connectivity index (χ0v) is 28.8. The van der Waals surface area contributed by atoms with Gasteiger partial charge in [-0.25, -0.2) is 12.7 Å². The van der Waals surface area contributed by atoms with E-state index < -0.39 is 27.5 Å². The van der Waals surface area contributed by atoms with E-state index in [2.05, 4.69) is 4.90 Å². The molecule has 0 bridgehead atoms. The molecule has 6 rings (SSSR count). The van der Waals surface area contributed by atoms with E-state index in [1.807, 2.05) is 6.07 Å². The third kappa shape index (κ3) is 5.68. The average Bonchev–Trinajstić information content (AvgIpc) is 3.83. The summed E-state index contributed by atoms with van der Waals surface area (Å²) in [4.78, 5) is 34.5. The average molecular weight is 692 g/mol. The number of anilines is 1. The van der Waals surface area contributed by atoms with E-state index in [0.717, 1.165) is 23.9 Å². The summed E-state index contributed by atoms with van der Waals surface area (Å²) in [6.45, 7) is 3.66. The highest BCUT2D eigenvalue weighted by atomic mass is 35.5. The van der Waals surface area contributed by atoms with Crippen LogP contribution in [-0.2, 0) is 25.2 Å². The summed E-state index contributed by atoms with van der Waals surface area (Å²) in [5.41, 5.74) is -0.743. The number of fused-ring (bicyclic) bond motifs is 1. The van der Waals surface area contributed by atoms with E-state index in [0.29, 0.717) is 53.6 Å². The molecule has 3 aromatic carbocycles. The highest BCUT2D eigenvalue weighted by molar-refractivity contribution is 7.93. The maximum atomic E-state index is 15.3. The van der Waals surface area contributed by atoms with E-state index in [-0.39, 0.29) is 22.1 Å². The number of ether oxygens (including phenoxy) is 2. The molecule has 2 saturated heterocycles. The molecule has 0 radical (unpaired) electrons. The molecule has 0 spiro atoms. The van der Waals surface area contributed by atoms with Gasteiger partial charge in [-0.1, -0.05) is 11.6 Å². The number of methoxy groups -OCH3 is 1. The van der Waals surface area contributed by atoms with Crippen molar-refractivity contribution in [3.8, 4) is 17.6 Å². The molecular formula is C35H38ClN5O6S. The second-order valence-electron chi connectivity index (χ2n) is 12.4. The number of carbonyl (C=O) groups is 2. The highest BCUT2D eigenvalue weighted by Gasteiger charge is 2.63. The van der Waals surface area contributed by atoms with Gasteiger partial charge in [0.05, 0.1) is 35.4 Å². The Morgan fingerprint density at radius 2 is 1.75 bits per heavy atom. The lowest BCUT2D eigenvalue weighted by molar-refractivity contribution is -0.138. The van der Waals surface area contributed by atoms with Gasteiger partial charge in [0.1, 0.15) is 18.1 Å². The normalized spacial score (nSPS) is 21.3. The number of hydrogen-bond acceptors (Lipinski definition) is 9. The number of nitrogens with zero attached hydrogens (tertiary/aromatic N) is 5. The number of halogens is 1. The van der Waals surface area contributed by atoms with Crippen LogP contribution in [0.2, 0.25) is 5.02 Å². The van der Waals surface area contributed by atoms with Crippen LogP contribution in [0.15, 0.2) is 65.6 Å². The molecule has 11 nitrogen and oxygen atoms in total. The Kier molecular flexibility index (Phi) is 9.42. The fraction of sp³-hybridized carbons (Fsp3) is 0.400. The summed E-state index contributed by atoms with van der Waals surface area (Å²) in [7, 11) is 0.284. The summed E-state index contributed by atoms with van der Waals surface area (Å²) in [5.74, 6) is -0.166. The Balaban J connectivity index is 1.54. The van der Waals surface area contributed by atoms with Gasteiger partial charge in [0, 0.05) is 49.4 Å². The maximum Gasteiger partial charge on any atom is 0.271 e. The first-order chi connectivity index (χ1) is 23.0. The van der Waals surface area contributed by atoms with Crippen molar-refractivity contribution in [3.63, 3.8) is 0 Å². The monoisotopic (exact) mass is 691 g/mol. The number of sulfonamides is 1. The van der Waals surface area contributed by atoms with Gasteiger partial charge in [-0.3, -0.25) is 19.4 Å². The summed E-state index contributed by atoms with van der Waals surface area (Å²) in [6.07, 6.45) is 3.41. The van der Waals surface area contributed by atoms with Crippen molar-refractivity contribution in [2.24, 2.45) is 0 Å². The Morgan fingerprint density at radius 3 is 2.42 bits per heavy atom. The smallest absolute Gasteiger partial charge is 0.271 e. The summed E-state index contributed by atoms with van der Waals surface area (Å²) in [5, 5.41) is 9.59. The van der Waals surface area contributed by atoms with Crippen LogP contribution in [0.3, 0.4) is 0 Å². The minimum Gasteiger partial charge on any atom is -0.496 e. The number of rotatable bonds is 10. The van der Waals surface area contributed by atoms with Gasteiger partial charge in [0.2, 0.25) is 5.91 Å². The Labute approximate surface area is 286 Å². The minimum atomic E-state index is -4.51. The molecule has 13 heteroatoms. The third-order valence-corrected chi connectivity index (χ3v) is 11.4. The summed E-state index contributed by atoms with van der Waals surface area (Å²) >= 11 is 6.61. The van der Waals surface area contributed by atoms with Gasteiger partial charge >= 0.3 is 0 Å². The summed E-state index contributed by atoms with van der Waals surface area (Å²) in [6, 6.07) is 16.5. The lowest BCUT2D eigenvalue weighted by Gasteiger charge is -2.42. The van der Waals surface area contributed by atoms with Crippen LogP contribution < -0.4 is 13.8 Å². The molecule has 3 aromatic rings. The minimum absolute atomic E-state index is 0.115. The van der Waals surface area contributed by atoms with Crippen LogP contribution in [-0.4, -0.2) is 95.0 Å². The first-order valence-corrected chi connectivity index (χ1v) is 17.8. The van der Waals surface area contributed by atoms with Crippen LogP contribution in [0.5, 0.6) is 11.5 Å². The summed E-state index contributed by atoms with van der Waals surface area (Å²) < 4.78 is 41.7. The molecule has 48 heavy (non-hydrogen) atoms. The van der Waals surface area contributed by atoms with E-state index in [1.165, 1.54) is 61.2 Å². The number of amides is 2. The molecule has 3 aliphatic rings. The van der Waals surface area contributed by atoms with Crippen LogP contribution in [0, 0.1) is 11.3 Å². The van der Waals surface area contributed by atoms with Crippen molar-refractivity contribution >= 4 is 39.1 Å². The molecule has 0 N–H and O–H groups in total. The zero-order chi connectivity index (χ0) is 34.2. The Bertz CT molecular complexity index is 1870. The second kappa shape index (κ2) is 13.4. The van der Waals surface area contributed by atoms with Gasteiger partial charge in [-0.15, -0.1) is 0 Å². The van der Waals surface area contributed by atoms with Crippen LogP contribution in [0.1, 0.15) is 42.4 Å². The fourth-order valence-corrected chi connectivity index (χ4v) is 8.80. The van der Waals surface area contributed by atoms with E-state index in [1.54, 1.807) is 43.3 Å². The number of likely N-dealkylation sites (N-methyl/N-ethyl adjacent to an activating group) is 1. The Morgan fingerprint density at radius 1 is 1.02 bits per heavy atom. The van der Waals surface area contributed by atoms with Crippen molar-refractivity contribution in [2.45, 2.75) is 42.2 Å². The maximum absolute atomic E-state index is 15.3. The number of nitriles is 1. The number of carbonyl (C=O) groups excluding carboxylic acids is 2. The van der Waals surface area contributed by atoms with Crippen molar-refractivity contribution in [1.29, 1.82) is 5.26 Å². The van der Waals surface area contributed by atoms with Crippen molar-refractivity contribution < 1.29 is 27.5 Å². The first kappa shape index (κ1) is 33.7. The van der Waals surface area contributed by atoms with Crippen LogP contribution in [0.25, 0.3) is 0 Å². The first-order valence-electron chi connectivity index (χ1n) is 16.0. The standard InChI is InChI=1S/C35H38ClN5O6S/c1-38(2)33(42)31-7-6-18-40(31)35(28-14-11-26(22-32(28)46-3)47-20-19-39-16-4-5-17-39)29-21-25(36)10-15-30(29)41(34(35)43)48(44,45)27-12-8-24(23-37)9-13-27/h8-15,21-22,31H,4-7,16-20H2,1-3H3/t31?,35-/m1/s1. The quantitative estimate of drug-likeness (QED) is 0.307. The molecule has 2 amide bonds. The van der Waals surface area contributed by atoms with Gasteiger partial charge in [-0.2, -0.15) is 5.26 Å². The van der Waals surface area contributed by atoms with Crippen LogP contribution >= 0.6 is 11.6 Å². The van der Waals surface area contributed by atoms with Gasteiger partial charge in [0.25, 0.3) is 15.9 Å². The van der Waals surface area contributed by atoms with Gasteiger partial charge in [0.15, 0.2) is 5.54 Å². The predicted octanol–water partition coefficient (Wildman–Crippen LogP) is 4.23. The van der Waals surface area contributed by atoms with Gasteiger partial charge in [-0.05, 0) is 93.4 Å². The molecule has 0 saturated carbocycles. The highest BCUT2D eigenvalue weighted by Crippen LogP contribution is 2.55. The molecule has 0 aliphatic carbocycles. The van der Waals surface area contributed by atoms with E-state index in [4.69, 9.17) is 21.1 Å². The van der Waals surface area contributed by atoms with Crippen molar-refractivity contribution in [1.82, 2.24) is 14.7 Å². The molecule has 2 atom stereocenters. The van der Waals surface area contributed by atoms with Crippen LogP contribution in [0.4, 0.5) is 5.69 Å². The molecule has 3 aliphatic heterocycles. The molecule has 3 heterocycles. The topological polar surface area (TPSA) is 123 Å². The number of benzene rings is 3. The molecule has 2 fully saturated rings. The second-order valence-corrected chi connectivity index (χ2v) is 14.6. The zero-order valence-electron chi connectivity index (χ0n) is 27.2. The lowest BCUT2D eigenvalue weighted by Crippen LogP contribution is -2.59. The van der Waals surface area contributed by atoms with E-state index >= 15 is 4.79 Å². The lowest BCUT2D eigenvalue weighted by atomic mass is 9.80. The Hall–Kier alpha value is -4.15. The van der Waals surface area contributed by atoms with Crippen molar-refractivity contribution in [3.05, 3.63) is 82.4 Å². The largest absolute Gasteiger partial charge is 0.496 e. The van der Waals surface area contributed by atoms with E-state index in [9.17, 15) is 18.5 Å². The SMILES string of the molecule is COc1cc(OCCN2CCCC2)ccc1[C@]1(N2CCCC2C(=O)N(C)C)C(=O)N(S(=O)(=O)c2ccc(C#N)cc2)c2ccc(Cl)cc21. The molecule has 1 unspecified atom stereocenters. The number of likely N-dealkylation sites (tertiary alicyclic amines) is 2. The van der Waals surface area contributed by atoms with Gasteiger partial charge < -0.3 is 14.4 Å². The fourth-order valence-electron chi connectivity index (χ4n) is 7.17. The predicted molar refractivity (Wildman–Crippen MR) is 181 cm³/mol. The van der Waals surface area contributed by atoms with Crippen molar-refractivity contribution in [2.75, 3.05) is 58.3 Å². The molecule has 0 aromatic heterocycles. The number of hydrogen-bond donors (Lipinski definition) is 0. The molecular weight excluding hydrogens is 654 g/mol. The third-order valence-electron chi connectivity index (χ3n) is 9.43.